The van der Waals surface area contributed by atoms with Crippen LogP contribution in [0.2, 0.25) is 0 Å². The highest BCUT2D eigenvalue weighted by Crippen LogP contribution is 2.36. The summed E-state index contributed by atoms with van der Waals surface area (Å²) in [6.45, 7) is 6.17. The number of hydrogen-bond donors (Lipinski definition) is 1. The summed E-state index contributed by atoms with van der Waals surface area (Å²) in [6.07, 6.45) is -8.02. The lowest BCUT2D eigenvalue weighted by atomic mass is 10.0. The van der Waals surface area contributed by atoms with E-state index in [-0.39, 0.29) is 34.4 Å². The minimum absolute atomic E-state index is 0.0107. The average Bonchev–Trinajstić information content (AvgIpc) is 2.88. The molecule has 0 bridgehead atoms. The van der Waals surface area contributed by atoms with Crippen molar-refractivity contribution in [2.75, 3.05) is 36.4 Å². The van der Waals surface area contributed by atoms with Crippen molar-refractivity contribution in [1.29, 1.82) is 0 Å². The first-order valence-corrected chi connectivity index (χ1v) is 11.9. The third kappa shape index (κ3) is 6.07. The van der Waals surface area contributed by atoms with Gasteiger partial charge in [0.2, 0.25) is 0 Å². The van der Waals surface area contributed by atoms with E-state index >= 15 is 0 Å². The summed E-state index contributed by atoms with van der Waals surface area (Å²) in [5, 5.41) is 2.61. The molecule has 3 aromatic rings. The Morgan fingerprint density at radius 3 is 2.13 bits per heavy atom. The maximum absolute atomic E-state index is 13.4. The largest absolute Gasteiger partial charge is 0.433 e. The third-order valence-corrected chi connectivity index (χ3v) is 6.29. The molecule has 0 radical (unpaired) electrons. The second kappa shape index (κ2) is 10.6. The first-order chi connectivity index (χ1) is 17.8. The number of rotatable bonds is 5. The molecule has 1 aromatic carbocycles. The first-order valence-electron chi connectivity index (χ1n) is 11.9. The highest BCUT2D eigenvalue weighted by Gasteiger charge is 2.35. The van der Waals surface area contributed by atoms with Crippen LogP contribution in [0.25, 0.3) is 11.3 Å². The minimum atomic E-state index is -4.66. The molecule has 2 aromatic heterocycles. The van der Waals surface area contributed by atoms with Gasteiger partial charge in [0, 0.05) is 49.5 Å². The van der Waals surface area contributed by atoms with Gasteiger partial charge in [-0.15, -0.1) is 0 Å². The van der Waals surface area contributed by atoms with Crippen LogP contribution in [0.5, 0.6) is 0 Å². The van der Waals surface area contributed by atoms with Gasteiger partial charge in [0.1, 0.15) is 5.69 Å². The molecule has 1 aliphatic rings. The van der Waals surface area contributed by atoms with Crippen LogP contribution in [0.3, 0.4) is 0 Å². The highest BCUT2D eigenvalue weighted by molar-refractivity contribution is 6.05. The Morgan fingerprint density at radius 1 is 0.895 bits per heavy atom. The number of nitrogens with zero attached hydrogens (tertiary/aromatic N) is 4. The molecule has 0 spiro atoms. The fraction of sp³-hybridized carbons (Fsp3) is 0.346. The molecule has 0 atom stereocenters. The summed E-state index contributed by atoms with van der Waals surface area (Å²) in [6, 6.07) is 9.69. The molecular formula is C26H25F6N5O. The van der Waals surface area contributed by atoms with Crippen LogP contribution in [-0.4, -0.2) is 53.0 Å². The van der Waals surface area contributed by atoms with Gasteiger partial charge in [0.25, 0.3) is 5.91 Å². The Morgan fingerprint density at radius 2 is 1.55 bits per heavy atom. The molecule has 38 heavy (non-hydrogen) atoms. The molecule has 202 valence electrons. The summed E-state index contributed by atoms with van der Waals surface area (Å²) >= 11 is 0. The third-order valence-electron chi connectivity index (χ3n) is 6.29. The molecule has 1 fully saturated rings. The molecule has 1 N–H and O–H groups in total. The molecule has 0 unspecified atom stereocenters. The molecule has 0 saturated carbocycles. The average molecular weight is 538 g/mol. The Balaban J connectivity index is 1.58. The van der Waals surface area contributed by atoms with Gasteiger partial charge < -0.3 is 10.2 Å². The van der Waals surface area contributed by atoms with E-state index < -0.39 is 29.5 Å². The molecule has 3 heterocycles. The molecule has 4 rings (SSSR count). The number of piperazine rings is 1. The van der Waals surface area contributed by atoms with Crippen LogP contribution in [0, 0.1) is 0 Å². The van der Waals surface area contributed by atoms with Crippen molar-refractivity contribution in [3.63, 3.8) is 0 Å². The molecule has 12 heteroatoms. The van der Waals surface area contributed by atoms with Crippen molar-refractivity contribution in [1.82, 2.24) is 14.9 Å². The second-order valence-electron chi connectivity index (χ2n) is 9.11. The van der Waals surface area contributed by atoms with Crippen LogP contribution in [0.15, 0.2) is 54.7 Å². The van der Waals surface area contributed by atoms with E-state index in [1.807, 2.05) is 13.8 Å². The van der Waals surface area contributed by atoms with Crippen LogP contribution >= 0.6 is 0 Å². The van der Waals surface area contributed by atoms with Crippen molar-refractivity contribution < 1.29 is 31.1 Å². The SMILES string of the molecule is CC(C)N1CCN(c2nc(C(F)(F)F)ccc2NC(=O)c2ccc(-c3ncccc3C(F)(F)F)cc2)CC1. The summed E-state index contributed by atoms with van der Waals surface area (Å²) in [7, 11) is 0. The lowest BCUT2D eigenvalue weighted by Gasteiger charge is -2.38. The number of halogens is 6. The smallest absolute Gasteiger partial charge is 0.352 e. The monoisotopic (exact) mass is 537 g/mol. The molecule has 1 aliphatic heterocycles. The standard InChI is InChI=1S/C26H25F6N5O/c1-16(2)36-12-14-37(15-13-36)23-20(9-10-21(35-23)26(30,31)32)34-24(38)18-7-5-17(6-8-18)22-19(25(27,28)29)4-3-11-33-22/h3-11,16H,12-15H2,1-2H3,(H,34,38). The van der Waals surface area contributed by atoms with E-state index in [0.29, 0.717) is 26.2 Å². The van der Waals surface area contributed by atoms with Crippen LogP contribution < -0.4 is 10.2 Å². The van der Waals surface area contributed by atoms with E-state index in [2.05, 4.69) is 20.2 Å². The summed E-state index contributed by atoms with van der Waals surface area (Å²) < 4.78 is 80.2. The molecule has 1 saturated heterocycles. The van der Waals surface area contributed by atoms with Gasteiger partial charge in [-0.25, -0.2) is 4.98 Å². The zero-order chi connectivity index (χ0) is 27.7. The zero-order valence-corrected chi connectivity index (χ0v) is 20.6. The Bertz CT molecular complexity index is 1280. The van der Waals surface area contributed by atoms with E-state index in [9.17, 15) is 31.1 Å². The van der Waals surface area contributed by atoms with Crippen LogP contribution in [-0.2, 0) is 12.4 Å². The summed E-state index contributed by atoms with van der Waals surface area (Å²) in [5.41, 5.74) is -1.88. The maximum atomic E-state index is 13.4. The van der Waals surface area contributed by atoms with Gasteiger partial charge in [0.15, 0.2) is 5.82 Å². The quantitative estimate of drug-likeness (QED) is 0.407. The van der Waals surface area contributed by atoms with Gasteiger partial charge in [-0.05, 0) is 50.2 Å². The van der Waals surface area contributed by atoms with Gasteiger partial charge in [0.05, 0.1) is 16.9 Å². The normalized spacial score (nSPS) is 15.1. The van der Waals surface area contributed by atoms with E-state index in [4.69, 9.17) is 0 Å². The number of nitrogens with one attached hydrogen (secondary N) is 1. The minimum Gasteiger partial charge on any atom is -0.352 e. The predicted octanol–water partition coefficient (Wildman–Crippen LogP) is 5.96. The lowest BCUT2D eigenvalue weighted by molar-refractivity contribution is -0.141. The number of alkyl halides is 6. The van der Waals surface area contributed by atoms with E-state index in [1.165, 1.54) is 36.5 Å². The van der Waals surface area contributed by atoms with E-state index in [0.717, 1.165) is 18.2 Å². The topological polar surface area (TPSA) is 61.4 Å². The fourth-order valence-electron chi connectivity index (χ4n) is 4.23. The van der Waals surface area contributed by atoms with Gasteiger partial charge >= 0.3 is 12.4 Å². The first kappa shape index (κ1) is 27.4. The Kier molecular flexibility index (Phi) is 7.63. The lowest BCUT2D eigenvalue weighted by Crippen LogP contribution is -2.49. The highest BCUT2D eigenvalue weighted by atomic mass is 19.4. The zero-order valence-electron chi connectivity index (χ0n) is 20.6. The molecular weight excluding hydrogens is 512 g/mol. The molecule has 6 nitrogen and oxygen atoms in total. The maximum Gasteiger partial charge on any atom is 0.433 e. The van der Waals surface area contributed by atoms with Crippen molar-refractivity contribution in [2.24, 2.45) is 0 Å². The molecule has 0 aliphatic carbocycles. The van der Waals surface area contributed by atoms with Crippen LogP contribution in [0.1, 0.15) is 35.5 Å². The van der Waals surface area contributed by atoms with Crippen molar-refractivity contribution in [3.05, 3.63) is 71.5 Å². The van der Waals surface area contributed by atoms with Gasteiger partial charge in [-0.3, -0.25) is 14.7 Å². The predicted molar refractivity (Wildman–Crippen MR) is 131 cm³/mol. The number of aromatic nitrogens is 2. The fourth-order valence-corrected chi connectivity index (χ4v) is 4.23. The summed E-state index contributed by atoms with van der Waals surface area (Å²) in [5.74, 6) is -0.631. The van der Waals surface area contributed by atoms with Gasteiger partial charge in [-0.2, -0.15) is 26.3 Å². The number of anilines is 2. The van der Waals surface area contributed by atoms with Gasteiger partial charge in [-0.1, -0.05) is 12.1 Å². The van der Waals surface area contributed by atoms with Crippen LogP contribution in [0.4, 0.5) is 37.8 Å². The van der Waals surface area contributed by atoms with Crippen molar-refractivity contribution in [3.8, 4) is 11.3 Å². The Labute approximate surface area is 215 Å². The number of carbonyl (C=O) groups excluding carboxylic acids is 1. The summed E-state index contributed by atoms with van der Waals surface area (Å²) in [4.78, 5) is 24.5. The number of benzene rings is 1. The number of hydrogen-bond acceptors (Lipinski definition) is 5. The number of amides is 1. The second-order valence-corrected chi connectivity index (χ2v) is 9.11. The Hall–Kier alpha value is -3.67. The number of carbonyl (C=O) groups is 1. The van der Waals surface area contributed by atoms with Crippen molar-refractivity contribution in [2.45, 2.75) is 32.2 Å². The van der Waals surface area contributed by atoms with Crippen molar-refractivity contribution >= 4 is 17.4 Å². The van der Waals surface area contributed by atoms with E-state index in [1.54, 1.807) is 4.90 Å². The number of pyridine rings is 2. The molecule has 1 amide bonds.